The lowest BCUT2D eigenvalue weighted by Crippen LogP contribution is -2.47. The molecule has 28 heavy (non-hydrogen) atoms. The lowest BCUT2D eigenvalue weighted by atomic mass is 10.1. The van der Waals surface area contributed by atoms with Crippen LogP contribution in [0, 0.1) is 20.8 Å². The Morgan fingerprint density at radius 2 is 1.57 bits per heavy atom. The smallest absolute Gasteiger partial charge is 0.196 e. The van der Waals surface area contributed by atoms with Crippen molar-refractivity contribution in [2.24, 2.45) is 0 Å². The second kappa shape index (κ2) is 6.51. The molecule has 4 aromatic rings. The number of aromatic nitrogens is 2. The van der Waals surface area contributed by atoms with Crippen LogP contribution in [0.1, 0.15) is 17.0 Å². The SMILES string of the molecule is Cc1nc(N2CCN(c3cccc(C)c3C)CC2)c2oc3ccccc3c2n1. The van der Waals surface area contributed by atoms with Gasteiger partial charge in [-0.3, -0.25) is 0 Å². The normalized spacial score (nSPS) is 15.0. The standard InChI is InChI=1S/C23H24N4O/c1-15-7-6-9-19(16(15)2)26-11-13-27(14-12-26)23-22-21(24-17(3)25-23)18-8-4-5-10-20(18)28-22/h4-10H,11-14H2,1-3H3. The number of hydrogen-bond donors (Lipinski definition) is 0. The van der Waals surface area contributed by atoms with Gasteiger partial charge in [-0.2, -0.15) is 0 Å². The zero-order valence-corrected chi connectivity index (χ0v) is 16.6. The minimum atomic E-state index is 0.783. The predicted octanol–water partition coefficient (Wildman–Crippen LogP) is 4.63. The summed E-state index contributed by atoms with van der Waals surface area (Å²) in [6, 6.07) is 14.6. The number of benzene rings is 2. The van der Waals surface area contributed by atoms with Crippen molar-refractivity contribution in [2.75, 3.05) is 36.0 Å². The average Bonchev–Trinajstić information content (AvgIpc) is 3.08. The highest BCUT2D eigenvalue weighted by atomic mass is 16.3. The molecule has 5 heteroatoms. The molecule has 1 aliphatic heterocycles. The molecule has 0 spiro atoms. The fourth-order valence-electron chi connectivity index (χ4n) is 4.14. The minimum Gasteiger partial charge on any atom is -0.450 e. The Bertz CT molecular complexity index is 1170. The van der Waals surface area contributed by atoms with E-state index in [2.05, 4.69) is 52.9 Å². The molecule has 3 heterocycles. The van der Waals surface area contributed by atoms with Gasteiger partial charge in [0, 0.05) is 37.3 Å². The summed E-state index contributed by atoms with van der Waals surface area (Å²) in [4.78, 5) is 14.2. The van der Waals surface area contributed by atoms with E-state index >= 15 is 0 Å². The fourth-order valence-corrected chi connectivity index (χ4v) is 4.14. The zero-order valence-electron chi connectivity index (χ0n) is 16.6. The van der Waals surface area contributed by atoms with Gasteiger partial charge in [-0.1, -0.05) is 24.3 Å². The molecule has 142 valence electrons. The van der Waals surface area contributed by atoms with Crippen LogP contribution in [0.25, 0.3) is 22.1 Å². The summed E-state index contributed by atoms with van der Waals surface area (Å²) in [5.74, 6) is 1.70. The predicted molar refractivity (Wildman–Crippen MR) is 114 cm³/mol. The maximum atomic E-state index is 6.16. The van der Waals surface area contributed by atoms with E-state index in [9.17, 15) is 0 Å². The molecule has 0 saturated carbocycles. The van der Waals surface area contributed by atoms with E-state index in [0.29, 0.717) is 0 Å². The summed E-state index contributed by atoms with van der Waals surface area (Å²) in [6.07, 6.45) is 0. The number of rotatable bonds is 2. The quantitative estimate of drug-likeness (QED) is 0.513. The maximum Gasteiger partial charge on any atom is 0.196 e. The second-order valence-electron chi connectivity index (χ2n) is 7.56. The third kappa shape index (κ3) is 2.70. The van der Waals surface area contributed by atoms with Crippen LogP contribution in [0.4, 0.5) is 11.5 Å². The van der Waals surface area contributed by atoms with Crippen LogP contribution in [0.3, 0.4) is 0 Å². The van der Waals surface area contributed by atoms with Crippen molar-refractivity contribution in [2.45, 2.75) is 20.8 Å². The van der Waals surface area contributed by atoms with E-state index in [-0.39, 0.29) is 0 Å². The number of aryl methyl sites for hydroxylation is 2. The zero-order chi connectivity index (χ0) is 19.3. The number of anilines is 2. The van der Waals surface area contributed by atoms with Gasteiger partial charge in [-0.05, 0) is 50.1 Å². The van der Waals surface area contributed by atoms with Crippen molar-refractivity contribution in [1.82, 2.24) is 9.97 Å². The van der Waals surface area contributed by atoms with Crippen molar-refractivity contribution in [3.05, 3.63) is 59.4 Å². The number of para-hydroxylation sites is 1. The van der Waals surface area contributed by atoms with Crippen LogP contribution in [0.15, 0.2) is 46.9 Å². The van der Waals surface area contributed by atoms with Gasteiger partial charge < -0.3 is 14.2 Å². The topological polar surface area (TPSA) is 45.4 Å². The van der Waals surface area contributed by atoms with Crippen molar-refractivity contribution >= 4 is 33.6 Å². The van der Waals surface area contributed by atoms with Gasteiger partial charge in [-0.25, -0.2) is 9.97 Å². The summed E-state index contributed by atoms with van der Waals surface area (Å²) in [5.41, 5.74) is 6.63. The molecule has 5 nitrogen and oxygen atoms in total. The number of fused-ring (bicyclic) bond motifs is 3. The van der Waals surface area contributed by atoms with Crippen molar-refractivity contribution < 1.29 is 4.42 Å². The van der Waals surface area contributed by atoms with E-state index in [1.54, 1.807) is 0 Å². The Labute approximate surface area is 164 Å². The molecular formula is C23H24N4O. The van der Waals surface area contributed by atoms with Crippen LogP contribution < -0.4 is 9.80 Å². The molecule has 0 N–H and O–H groups in total. The van der Waals surface area contributed by atoms with Gasteiger partial charge in [-0.15, -0.1) is 0 Å². The third-order valence-electron chi connectivity index (χ3n) is 5.81. The highest BCUT2D eigenvalue weighted by Crippen LogP contribution is 2.33. The summed E-state index contributed by atoms with van der Waals surface area (Å²) >= 11 is 0. The van der Waals surface area contributed by atoms with Crippen LogP contribution in [0.5, 0.6) is 0 Å². The number of nitrogens with zero attached hydrogens (tertiary/aromatic N) is 4. The monoisotopic (exact) mass is 372 g/mol. The fraction of sp³-hybridized carbons (Fsp3) is 0.304. The van der Waals surface area contributed by atoms with Gasteiger partial charge in [0.1, 0.15) is 16.9 Å². The molecule has 2 aromatic carbocycles. The maximum absolute atomic E-state index is 6.16. The summed E-state index contributed by atoms with van der Waals surface area (Å²) in [6.45, 7) is 10.1. The Morgan fingerprint density at radius 1 is 0.821 bits per heavy atom. The number of hydrogen-bond acceptors (Lipinski definition) is 5. The molecule has 0 radical (unpaired) electrons. The molecule has 0 atom stereocenters. The van der Waals surface area contributed by atoms with Crippen molar-refractivity contribution in [3.63, 3.8) is 0 Å². The first-order chi connectivity index (χ1) is 13.6. The Balaban J connectivity index is 1.48. The Hall–Kier alpha value is -3.08. The largest absolute Gasteiger partial charge is 0.450 e. The minimum absolute atomic E-state index is 0.783. The molecule has 0 amide bonds. The molecule has 1 saturated heterocycles. The summed E-state index contributed by atoms with van der Waals surface area (Å²) in [7, 11) is 0. The molecule has 2 aromatic heterocycles. The van der Waals surface area contributed by atoms with E-state index in [0.717, 1.165) is 59.9 Å². The lowest BCUT2D eigenvalue weighted by molar-refractivity contribution is 0.627. The van der Waals surface area contributed by atoms with Crippen LogP contribution in [-0.4, -0.2) is 36.1 Å². The van der Waals surface area contributed by atoms with Gasteiger partial charge >= 0.3 is 0 Å². The number of furan rings is 1. The van der Waals surface area contributed by atoms with E-state index in [4.69, 9.17) is 9.40 Å². The van der Waals surface area contributed by atoms with E-state index in [1.807, 2.05) is 25.1 Å². The molecule has 0 unspecified atom stereocenters. The van der Waals surface area contributed by atoms with Crippen molar-refractivity contribution in [3.8, 4) is 0 Å². The second-order valence-corrected chi connectivity index (χ2v) is 7.56. The summed E-state index contributed by atoms with van der Waals surface area (Å²) < 4.78 is 6.16. The molecular weight excluding hydrogens is 348 g/mol. The van der Waals surface area contributed by atoms with Gasteiger partial charge in [0.05, 0.1) is 0 Å². The molecule has 1 aliphatic rings. The first-order valence-corrected chi connectivity index (χ1v) is 9.84. The van der Waals surface area contributed by atoms with Crippen LogP contribution in [-0.2, 0) is 0 Å². The molecule has 0 aliphatic carbocycles. The van der Waals surface area contributed by atoms with Crippen molar-refractivity contribution in [1.29, 1.82) is 0 Å². The van der Waals surface area contributed by atoms with E-state index in [1.165, 1.54) is 16.8 Å². The van der Waals surface area contributed by atoms with Crippen LogP contribution in [0.2, 0.25) is 0 Å². The summed E-state index contributed by atoms with van der Waals surface area (Å²) in [5, 5.41) is 1.05. The Kier molecular flexibility index (Phi) is 3.97. The van der Waals surface area contributed by atoms with E-state index < -0.39 is 0 Å². The van der Waals surface area contributed by atoms with Gasteiger partial charge in [0.2, 0.25) is 0 Å². The van der Waals surface area contributed by atoms with Gasteiger partial charge in [0.15, 0.2) is 11.4 Å². The molecule has 5 rings (SSSR count). The average molecular weight is 372 g/mol. The Morgan fingerprint density at radius 3 is 2.39 bits per heavy atom. The van der Waals surface area contributed by atoms with Crippen LogP contribution >= 0.6 is 0 Å². The third-order valence-corrected chi connectivity index (χ3v) is 5.81. The highest BCUT2D eigenvalue weighted by molar-refractivity contribution is 6.05. The lowest BCUT2D eigenvalue weighted by Gasteiger charge is -2.37. The number of piperazine rings is 1. The van der Waals surface area contributed by atoms with Gasteiger partial charge in [0.25, 0.3) is 0 Å². The first kappa shape index (κ1) is 17.0. The molecule has 0 bridgehead atoms. The molecule has 1 fully saturated rings. The first-order valence-electron chi connectivity index (χ1n) is 9.84. The highest BCUT2D eigenvalue weighted by Gasteiger charge is 2.24.